The summed E-state index contributed by atoms with van der Waals surface area (Å²) in [5.41, 5.74) is 2.78. The molecule has 0 saturated carbocycles. The second-order valence-corrected chi connectivity index (χ2v) is 7.94. The molecule has 3 aromatic rings. The topological polar surface area (TPSA) is 44.2 Å². The van der Waals surface area contributed by atoms with Gasteiger partial charge in [-0.15, -0.1) is 13.2 Å². The molecule has 0 fully saturated rings. The lowest BCUT2D eigenvalue weighted by molar-refractivity contribution is -0.274. The van der Waals surface area contributed by atoms with Crippen LogP contribution in [0.2, 0.25) is 0 Å². The molecule has 7 heteroatoms. The van der Waals surface area contributed by atoms with Crippen LogP contribution in [0.4, 0.5) is 13.2 Å². The van der Waals surface area contributed by atoms with E-state index in [0.717, 1.165) is 29.5 Å². The molecule has 0 spiro atoms. The summed E-state index contributed by atoms with van der Waals surface area (Å²) >= 11 is 0. The molecule has 0 radical (unpaired) electrons. The largest absolute Gasteiger partial charge is 0.573 e. The van der Waals surface area contributed by atoms with Gasteiger partial charge in [-0.05, 0) is 60.4 Å². The van der Waals surface area contributed by atoms with Crippen LogP contribution in [0, 0.1) is 0 Å². The average molecular weight is 459 g/mol. The lowest BCUT2D eigenvalue weighted by Crippen LogP contribution is -2.17. The fraction of sp³-hybridized carbons (Fsp3) is 0.385. The lowest BCUT2D eigenvalue weighted by Gasteiger charge is -2.10. The van der Waals surface area contributed by atoms with Gasteiger partial charge in [0.15, 0.2) is 5.82 Å². The average Bonchev–Trinajstić information content (AvgIpc) is 2.81. The van der Waals surface area contributed by atoms with Crippen LogP contribution in [0.5, 0.6) is 11.5 Å². The van der Waals surface area contributed by atoms with Crippen LogP contribution in [0.3, 0.4) is 0 Å². The van der Waals surface area contributed by atoms with Crippen molar-refractivity contribution in [3.05, 3.63) is 72.1 Å². The first-order valence-electron chi connectivity index (χ1n) is 11.3. The van der Waals surface area contributed by atoms with E-state index >= 15 is 0 Å². The highest BCUT2D eigenvalue weighted by Crippen LogP contribution is 2.24. The maximum absolute atomic E-state index is 12.2. The van der Waals surface area contributed by atoms with Crippen LogP contribution in [-0.2, 0) is 13.0 Å². The van der Waals surface area contributed by atoms with Gasteiger partial charge in [-0.1, -0.05) is 51.2 Å². The number of halogens is 3. The van der Waals surface area contributed by atoms with Gasteiger partial charge in [0.1, 0.15) is 18.1 Å². The van der Waals surface area contributed by atoms with Crippen LogP contribution in [0.25, 0.3) is 11.4 Å². The number of unbranched alkanes of at least 4 members (excludes halogenated alkanes) is 5. The third-order valence-electron chi connectivity index (χ3n) is 5.20. The predicted molar refractivity (Wildman–Crippen MR) is 122 cm³/mol. The maximum atomic E-state index is 12.2. The molecule has 4 nitrogen and oxygen atoms in total. The fourth-order valence-corrected chi connectivity index (χ4v) is 3.40. The number of benzene rings is 2. The molecular formula is C26H29F3N2O2. The Kier molecular flexibility index (Phi) is 9.10. The van der Waals surface area contributed by atoms with Crippen LogP contribution < -0.4 is 9.47 Å². The van der Waals surface area contributed by atoms with Crippen molar-refractivity contribution in [1.82, 2.24) is 9.97 Å². The molecule has 0 amide bonds. The summed E-state index contributed by atoms with van der Waals surface area (Å²) in [5.74, 6) is 1.05. The summed E-state index contributed by atoms with van der Waals surface area (Å²) in [6, 6.07) is 13.0. The summed E-state index contributed by atoms with van der Waals surface area (Å²) in [6.45, 7) is 2.46. The van der Waals surface area contributed by atoms with Crippen LogP contribution in [0.1, 0.15) is 56.6 Å². The highest BCUT2D eigenvalue weighted by atomic mass is 19.4. The molecule has 0 aliphatic heterocycles. The summed E-state index contributed by atoms with van der Waals surface area (Å²) in [6.07, 6.45) is 7.69. The lowest BCUT2D eigenvalue weighted by atomic mass is 10.1. The van der Waals surface area contributed by atoms with Crippen molar-refractivity contribution in [3.8, 4) is 22.9 Å². The Hall–Kier alpha value is -3.09. The maximum Gasteiger partial charge on any atom is 0.573 e. The molecule has 0 N–H and O–H groups in total. The van der Waals surface area contributed by atoms with Crippen molar-refractivity contribution in [2.24, 2.45) is 0 Å². The van der Waals surface area contributed by atoms with E-state index in [0.29, 0.717) is 11.6 Å². The van der Waals surface area contributed by atoms with Gasteiger partial charge >= 0.3 is 6.36 Å². The zero-order valence-electron chi connectivity index (χ0n) is 18.8. The van der Waals surface area contributed by atoms with Gasteiger partial charge in [0, 0.05) is 18.0 Å². The SMILES string of the molecule is CCCCCCCCc1cnc(-c2ccc(OCc3ccc(OC(F)(F)F)cc3)cc2)nc1. The molecular weight excluding hydrogens is 429 g/mol. The van der Waals surface area contributed by atoms with Crippen LogP contribution in [-0.4, -0.2) is 16.3 Å². The molecule has 0 saturated heterocycles. The number of alkyl halides is 3. The first kappa shape index (κ1) is 24.6. The molecule has 176 valence electrons. The van der Waals surface area contributed by atoms with E-state index < -0.39 is 6.36 Å². The normalized spacial score (nSPS) is 11.4. The van der Waals surface area contributed by atoms with Crippen LogP contribution in [0.15, 0.2) is 60.9 Å². The van der Waals surface area contributed by atoms with Crippen molar-refractivity contribution in [1.29, 1.82) is 0 Å². The van der Waals surface area contributed by atoms with Gasteiger partial charge in [-0.3, -0.25) is 0 Å². The van der Waals surface area contributed by atoms with E-state index in [-0.39, 0.29) is 12.4 Å². The van der Waals surface area contributed by atoms with E-state index in [2.05, 4.69) is 21.6 Å². The van der Waals surface area contributed by atoms with E-state index in [1.165, 1.54) is 56.4 Å². The third kappa shape index (κ3) is 8.75. The summed E-state index contributed by atoms with van der Waals surface area (Å²) in [5, 5.41) is 0. The monoisotopic (exact) mass is 458 g/mol. The molecule has 3 rings (SSSR count). The van der Waals surface area contributed by atoms with E-state index in [1.807, 2.05) is 36.7 Å². The van der Waals surface area contributed by atoms with Crippen LogP contribution >= 0.6 is 0 Å². The Morgan fingerprint density at radius 1 is 0.727 bits per heavy atom. The van der Waals surface area contributed by atoms with Gasteiger partial charge in [0.2, 0.25) is 0 Å². The Labute approximate surface area is 192 Å². The van der Waals surface area contributed by atoms with E-state index in [4.69, 9.17) is 4.74 Å². The van der Waals surface area contributed by atoms with Crippen molar-refractivity contribution in [2.75, 3.05) is 0 Å². The van der Waals surface area contributed by atoms with Gasteiger partial charge in [0.25, 0.3) is 0 Å². The summed E-state index contributed by atoms with van der Waals surface area (Å²) in [7, 11) is 0. The van der Waals surface area contributed by atoms with Gasteiger partial charge in [-0.25, -0.2) is 9.97 Å². The fourth-order valence-electron chi connectivity index (χ4n) is 3.40. The number of aryl methyl sites for hydroxylation is 1. The van der Waals surface area contributed by atoms with Crippen molar-refractivity contribution >= 4 is 0 Å². The molecule has 0 bridgehead atoms. The molecule has 2 aromatic carbocycles. The standard InChI is InChI=1S/C26H29F3N2O2/c1-2-3-4-5-6-7-8-21-17-30-25(31-18-21)22-11-15-23(16-12-22)32-19-20-9-13-24(14-10-20)33-26(27,28)29/h9-18H,2-8,19H2,1H3. The zero-order valence-corrected chi connectivity index (χ0v) is 18.8. The Morgan fingerprint density at radius 3 is 1.97 bits per heavy atom. The first-order valence-corrected chi connectivity index (χ1v) is 11.3. The molecule has 0 aliphatic carbocycles. The second-order valence-electron chi connectivity index (χ2n) is 7.94. The van der Waals surface area contributed by atoms with E-state index in [1.54, 1.807) is 0 Å². The first-order chi connectivity index (χ1) is 15.9. The van der Waals surface area contributed by atoms with E-state index in [9.17, 15) is 13.2 Å². The second kappa shape index (κ2) is 12.2. The number of rotatable bonds is 12. The minimum atomic E-state index is -4.70. The van der Waals surface area contributed by atoms with Gasteiger partial charge < -0.3 is 9.47 Å². The summed E-state index contributed by atoms with van der Waals surface area (Å²) in [4.78, 5) is 8.98. The Morgan fingerprint density at radius 2 is 1.33 bits per heavy atom. The summed E-state index contributed by atoms with van der Waals surface area (Å²) < 4.78 is 46.3. The molecule has 33 heavy (non-hydrogen) atoms. The predicted octanol–water partition coefficient (Wildman–Crippen LogP) is 7.52. The number of aromatic nitrogens is 2. The Bertz CT molecular complexity index is 957. The highest BCUT2D eigenvalue weighted by Gasteiger charge is 2.30. The molecule has 0 aliphatic rings. The molecule has 1 aromatic heterocycles. The van der Waals surface area contributed by atoms with Crippen molar-refractivity contribution in [3.63, 3.8) is 0 Å². The smallest absolute Gasteiger partial charge is 0.489 e. The minimum Gasteiger partial charge on any atom is -0.489 e. The van der Waals surface area contributed by atoms with Crippen molar-refractivity contribution in [2.45, 2.75) is 64.8 Å². The van der Waals surface area contributed by atoms with Gasteiger partial charge in [-0.2, -0.15) is 0 Å². The minimum absolute atomic E-state index is 0.231. The van der Waals surface area contributed by atoms with Gasteiger partial charge in [0.05, 0.1) is 0 Å². The number of hydrogen-bond acceptors (Lipinski definition) is 4. The zero-order chi connectivity index (χ0) is 23.5. The number of nitrogens with zero attached hydrogens (tertiary/aromatic N) is 2. The molecule has 0 atom stereocenters. The number of hydrogen-bond donors (Lipinski definition) is 0. The number of ether oxygens (including phenoxy) is 2. The Balaban J connectivity index is 1.46. The third-order valence-corrected chi connectivity index (χ3v) is 5.20. The molecule has 1 heterocycles. The molecule has 0 unspecified atom stereocenters. The van der Waals surface area contributed by atoms with Crippen molar-refractivity contribution < 1.29 is 22.6 Å². The quantitative estimate of drug-likeness (QED) is 0.263. The highest BCUT2D eigenvalue weighted by molar-refractivity contribution is 5.55.